The summed E-state index contributed by atoms with van der Waals surface area (Å²) in [4.78, 5) is 15.3. The second-order valence-electron chi connectivity index (χ2n) is 3.55. The Hall–Kier alpha value is -1.99. The second kappa shape index (κ2) is 4.35. The van der Waals surface area contributed by atoms with Crippen molar-refractivity contribution in [3.8, 4) is 0 Å². The number of carbonyl (C=O) groups is 1. The highest BCUT2D eigenvalue weighted by Gasteiger charge is 2.23. The SMILES string of the molecule is COC(=O)c1ccc2ncccc2c1S(N)(=O)=O. The van der Waals surface area contributed by atoms with Crippen LogP contribution in [0, 0.1) is 0 Å². The van der Waals surface area contributed by atoms with Gasteiger partial charge in [0, 0.05) is 11.6 Å². The third-order valence-corrected chi connectivity index (χ3v) is 3.43. The maximum Gasteiger partial charge on any atom is 0.339 e. The minimum Gasteiger partial charge on any atom is -0.465 e. The van der Waals surface area contributed by atoms with E-state index >= 15 is 0 Å². The summed E-state index contributed by atoms with van der Waals surface area (Å²) in [5, 5.41) is 5.45. The van der Waals surface area contributed by atoms with E-state index in [2.05, 4.69) is 9.72 Å². The van der Waals surface area contributed by atoms with Crippen LogP contribution in [-0.2, 0) is 14.8 Å². The summed E-state index contributed by atoms with van der Waals surface area (Å²) < 4.78 is 27.8. The Morgan fingerprint density at radius 1 is 1.33 bits per heavy atom. The standard InChI is InChI=1S/C11H10N2O4S/c1-17-11(14)8-4-5-9-7(3-2-6-13-9)10(8)18(12,15)16/h2-6H,1H3,(H2,12,15,16). The lowest BCUT2D eigenvalue weighted by Crippen LogP contribution is -2.18. The Kier molecular flexibility index (Phi) is 3.02. The van der Waals surface area contributed by atoms with Crippen molar-refractivity contribution in [1.82, 2.24) is 4.98 Å². The lowest BCUT2D eigenvalue weighted by Gasteiger charge is -2.08. The van der Waals surface area contributed by atoms with Crippen LogP contribution in [0.3, 0.4) is 0 Å². The average Bonchev–Trinajstić information content (AvgIpc) is 2.35. The topological polar surface area (TPSA) is 99.3 Å². The molecule has 0 aliphatic heterocycles. The van der Waals surface area contributed by atoms with Gasteiger partial charge in [-0.25, -0.2) is 18.4 Å². The maximum absolute atomic E-state index is 11.6. The highest BCUT2D eigenvalue weighted by Crippen LogP contribution is 2.25. The van der Waals surface area contributed by atoms with Crippen LogP contribution < -0.4 is 5.14 Å². The van der Waals surface area contributed by atoms with E-state index in [1.165, 1.54) is 31.5 Å². The van der Waals surface area contributed by atoms with Gasteiger partial charge in [0.05, 0.1) is 18.2 Å². The number of hydrogen-bond acceptors (Lipinski definition) is 5. The summed E-state index contributed by atoms with van der Waals surface area (Å²) in [6.45, 7) is 0. The normalized spacial score (nSPS) is 11.4. The zero-order chi connectivity index (χ0) is 13.3. The number of aromatic nitrogens is 1. The molecule has 0 aliphatic carbocycles. The molecule has 94 valence electrons. The van der Waals surface area contributed by atoms with Gasteiger partial charge in [-0.2, -0.15) is 0 Å². The van der Waals surface area contributed by atoms with Crippen LogP contribution in [-0.4, -0.2) is 26.5 Å². The highest BCUT2D eigenvalue weighted by atomic mass is 32.2. The first-order valence-corrected chi connectivity index (χ1v) is 6.48. The van der Waals surface area contributed by atoms with Crippen LogP contribution in [0.5, 0.6) is 0 Å². The zero-order valence-corrected chi connectivity index (χ0v) is 10.3. The molecule has 0 saturated heterocycles. The third-order valence-electron chi connectivity index (χ3n) is 2.43. The predicted molar refractivity (Wildman–Crippen MR) is 64.5 cm³/mol. The number of hydrogen-bond donors (Lipinski definition) is 1. The Labute approximate surface area is 103 Å². The van der Waals surface area contributed by atoms with Gasteiger partial charge in [-0.1, -0.05) is 0 Å². The molecule has 1 aromatic heterocycles. The number of ether oxygens (including phenoxy) is 1. The number of rotatable bonds is 2. The fourth-order valence-electron chi connectivity index (χ4n) is 1.70. The number of methoxy groups -OCH3 is 1. The molecule has 0 aliphatic rings. The van der Waals surface area contributed by atoms with E-state index < -0.39 is 16.0 Å². The van der Waals surface area contributed by atoms with Crippen LogP contribution in [0.25, 0.3) is 10.9 Å². The van der Waals surface area contributed by atoms with Gasteiger partial charge in [0.15, 0.2) is 0 Å². The van der Waals surface area contributed by atoms with Gasteiger partial charge in [0.2, 0.25) is 10.0 Å². The summed E-state index contributed by atoms with van der Waals surface area (Å²) in [5.74, 6) is -0.759. The van der Waals surface area contributed by atoms with Crippen molar-refractivity contribution in [2.45, 2.75) is 4.90 Å². The summed E-state index contributed by atoms with van der Waals surface area (Å²) >= 11 is 0. The molecule has 6 nitrogen and oxygen atoms in total. The first-order valence-electron chi connectivity index (χ1n) is 4.94. The number of sulfonamides is 1. The molecule has 2 N–H and O–H groups in total. The molecule has 0 saturated carbocycles. The van der Waals surface area contributed by atoms with Crippen molar-refractivity contribution in [1.29, 1.82) is 0 Å². The van der Waals surface area contributed by atoms with E-state index in [0.29, 0.717) is 10.9 Å². The van der Waals surface area contributed by atoms with Crippen molar-refractivity contribution in [3.63, 3.8) is 0 Å². The number of nitrogens with zero attached hydrogens (tertiary/aromatic N) is 1. The number of fused-ring (bicyclic) bond motifs is 1. The predicted octanol–water partition coefficient (Wildman–Crippen LogP) is 0.669. The van der Waals surface area contributed by atoms with E-state index in [4.69, 9.17) is 5.14 Å². The van der Waals surface area contributed by atoms with E-state index in [1.54, 1.807) is 6.07 Å². The molecule has 1 heterocycles. The Morgan fingerprint density at radius 2 is 2.06 bits per heavy atom. The molecular formula is C11H10N2O4S. The molecule has 1 aromatic carbocycles. The van der Waals surface area contributed by atoms with Gasteiger partial charge in [0.1, 0.15) is 4.90 Å². The number of primary sulfonamides is 1. The van der Waals surface area contributed by atoms with Gasteiger partial charge in [-0.15, -0.1) is 0 Å². The second-order valence-corrected chi connectivity index (χ2v) is 5.05. The van der Waals surface area contributed by atoms with Crippen molar-refractivity contribution < 1.29 is 17.9 Å². The Morgan fingerprint density at radius 3 is 2.67 bits per heavy atom. The third kappa shape index (κ3) is 2.05. The smallest absolute Gasteiger partial charge is 0.339 e. The molecule has 0 fully saturated rings. The largest absolute Gasteiger partial charge is 0.465 e. The van der Waals surface area contributed by atoms with Gasteiger partial charge in [-0.3, -0.25) is 4.98 Å². The quantitative estimate of drug-likeness (QED) is 0.805. The fraction of sp³-hybridized carbons (Fsp3) is 0.0909. The van der Waals surface area contributed by atoms with Gasteiger partial charge in [0.25, 0.3) is 0 Å². The molecule has 0 bridgehead atoms. The first kappa shape index (κ1) is 12.5. The van der Waals surface area contributed by atoms with Gasteiger partial charge < -0.3 is 4.74 Å². The first-order chi connectivity index (χ1) is 8.45. The Bertz CT molecular complexity index is 725. The van der Waals surface area contributed by atoms with Crippen LogP contribution in [0.2, 0.25) is 0 Å². The van der Waals surface area contributed by atoms with Crippen LogP contribution in [0.4, 0.5) is 0 Å². The lowest BCUT2D eigenvalue weighted by molar-refractivity contribution is 0.0596. The fourth-order valence-corrected chi connectivity index (χ4v) is 2.64. The summed E-state index contributed by atoms with van der Waals surface area (Å²) in [6.07, 6.45) is 1.52. The van der Waals surface area contributed by atoms with Crippen molar-refractivity contribution in [3.05, 3.63) is 36.0 Å². The molecule has 18 heavy (non-hydrogen) atoms. The number of carbonyl (C=O) groups excluding carboxylic acids is 1. The molecular weight excluding hydrogens is 256 g/mol. The van der Waals surface area contributed by atoms with Gasteiger partial charge >= 0.3 is 5.97 Å². The lowest BCUT2D eigenvalue weighted by atomic mass is 10.1. The monoisotopic (exact) mass is 266 g/mol. The average molecular weight is 266 g/mol. The molecule has 0 unspecified atom stereocenters. The van der Waals surface area contributed by atoms with Crippen molar-refractivity contribution >= 4 is 26.9 Å². The molecule has 0 radical (unpaired) electrons. The number of esters is 1. The van der Waals surface area contributed by atoms with E-state index in [1.807, 2.05) is 0 Å². The van der Waals surface area contributed by atoms with Crippen molar-refractivity contribution in [2.24, 2.45) is 5.14 Å². The maximum atomic E-state index is 11.6. The van der Waals surface area contributed by atoms with Crippen LogP contribution in [0.15, 0.2) is 35.4 Å². The van der Waals surface area contributed by atoms with E-state index in [-0.39, 0.29) is 10.5 Å². The zero-order valence-electron chi connectivity index (χ0n) is 9.45. The van der Waals surface area contributed by atoms with E-state index in [0.717, 1.165) is 0 Å². The Balaban J connectivity index is 2.93. The molecule has 7 heteroatoms. The van der Waals surface area contributed by atoms with E-state index in [9.17, 15) is 13.2 Å². The molecule has 0 atom stereocenters. The van der Waals surface area contributed by atoms with Crippen molar-refractivity contribution in [2.75, 3.05) is 7.11 Å². The number of nitrogens with two attached hydrogens (primary N) is 1. The van der Waals surface area contributed by atoms with Crippen LogP contribution in [0.1, 0.15) is 10.4 Å². The highest BCUT2D eigenvalue weighted by molar-refractivity contribution is 7.89. The summed E-state index contributed by atoms with van der Waals surface area (Å²) in [5.41, 5.74) is 0.342. The summed E-state index contributed by atoms with van der Waals surface area (Å²) in [7, 11) is -2.89. The minimum atomic E-state index is -4.06. The molecule has 0 spiro atoms. The molecule has 0 amide bonds. The molecule has 2 aromatic rings. The van der Waals surface area contributed by atoms with Crippen LogP contribution >= 0.6 is 0 Å². The molecule has 2 rings (SSSR count). The minimum absolute atomic E-state index is 0.0968. The summed E-state index contributed by atoms with van der Waals surface area (Å²) in [6, 6.07) is 5.98. The number of benzene rings is 1. The number of pyridine rings is 1. The van der Waals surface area contributed by atoms with Gasteiger partial charge in [-0.05, 0) is 24.3 Å².